The number of ether oxygens (including phenoxy) is 2. The van der Waals surface area contributed by atoms with Crippen LogP contribution in [0.5, 0.6) is 0 Å². The van der Waals surface area contributed by atoms with Gasteiger partial charge in [0.05, 0.1) is 14.2 Å². The zero-order chi connectivity index (χ0) is 19.1. The summed E-state index contributed by atoms with van der Waals surface area (Å²) in [5, 5.41) is 0. The molecule has 0 aromatic carbocycles. The van der Waals surface area contributed by atoms with Crippen LogP contribution in [-0.4, -0.2) is 52.1 Å². The predicted molar refractivity (Wildman–Crippen MR) is 104 cm³/mol. The molecule has 1 spiro atoms. The molecule has 140 valence electrons. The number of hydrogen-bond donors (Lipinski definition) is 0. The van der Waals surface area contributed by atoms with Crippen molar-refractivity contribution in [2.75, 3.05) is 27.8 Å². The summed E-state index contributed by atoms with van der Waals surface area (Å²) in [5.41, 5.74) is -0.469. The lowest BCUT2D eigenvalue weighted by Gasteiger charge is -2.53. The Hall–Kier alpha value is -1.51. The number of rotatable bonds is 3. The zero-order valence-electron chi connectivity index (χ0n) is 16.6. The number of ketones is 1. The van der Waals surface area contributed by atoms with Gasteiger partial charge in [-0.15, -0.1) is 6.42 Å². The van der Waals surface area contributed by atoms with E-state index in [0.717, 1.165) is 13.0 Å². The number of nitrogens with zero attached hydrogens (tertiary/aromatic N) is 1. The highest BCUT2D eigenvalue weighted by atomic mass is 28.3. The predicted octanol–water partition coefficient (Wildman–Crippen LogP) is 2.91. The average molecular weight is 372 g/mol. The smallest absolute Gasteiger partial charge is 0.205 e. The zero-order valence-corrected chi connectivity index (χ0v) is 17.6. The molecule has 2 bridgehead atoms. The van der Waals surface area contributed by atoms with E-state index < -0.39 is 13.6 Å². The molecule has 1 aliphatic heterocycles. The van der Waals surface area contributed by atoms with E-state index >= 15 is 0 Å². The van der Waals surface area contributed by atoms with Crippen LogP contribution in [-0.2, 0) is 14.3 Å². The van der Waals surface area contributed by atoms with Crippen LogP contribution in [0.1, 0.15) is 6.42 Å². The third-order valence-corrected chi connectivity index (χ3v) is 10.4. The van der Waals surface area contributed by atoms with Crippen molar-refractivity contribution in [1.82, 2.24) is 4.90 Å². The molecule has 4 aliphatic rings. The van der Waals surface area contributed by atoms with Gasteiger partial charge in [-0.05, 0) is 30.8 Å². The van der Waals surface area contributed by atoms with Crippen LogP contribution in [0.15, 0.2) is 23.7 Å². The van der Waals surface area contributed by atoms with Crippen molar-refractivity contribution in [1.29, 1.82) is 0 Å². The fraction of sp³-hybridized carbons (Fsp3) is 0.667. The number of Topliss-reactive ketones (excluding diaryl/α,β-unsaturated/α-hetero) is 1. The number of likely N-dealkylation sites (N-methyl/N-ethyl adjacent to an activating group) is 1. The summed E-state index contributed by atoms with van der Waals surface area (Å²) in [6.07, 6.45) is 11.8. The first kappa shape index (κ1) is 17.9. The number of carbonyl (C=O) groups excluding carboxylic acids is 1. The summed E-state index contributed by atoms with van der Waals surface area (Å²) in [5.74, 6) is 4.57. The van der Waals surface area contributed by atoms with E-state index in [0.29, 0.717) is 23.0 Å². The molecule has 26 heavy (non-hydrogen) atoms. The number of allylic oxidation sites excluding steroid dienone is 3. The van der Waals surface area contributed by atoms with Gasteiger partial charge in [0.15, 0.2) is 11.3 Å². The Morgan fingerprint density at radius 1 is 1.27 bits per heavy atom. The van der Waals surface area contributed by atoms with E-state index in [4.69, 9.17) is 15.9 Å². The van der Waals surface area contributed by atoms with Gasteiger partial charge < -0.3 is 9.47 Å². The highest BCUT2D eigenvalue weighted by molar-refractivity contribution is 6.78. The Labute approximate surface area is 157 Å². The van der Waals surface area contributed by atoms with Crippen molar-refractivity contribution < 1.29 is 14.3 Å². The van der Waals surface area contributed by atoms with E-state index in [2.05, 4.69) is 49.7 Å². The Bertz CT molecular complexity index is 773. The second-order valence-corrected chi connectivity index (χ2v) is 14.8. The van der Waals surface area contributed by atoms with Crippen LogP contribution in [0, 0.1) is 35.5 Å². The van der Waals surface area contributed by atoms with E-state index in [1.807, 2.05) is 0 Å². The summed E-state index contributed by atoms with van der Waals surface area (Å²) in [7, 11) is 3.72. The molecular formula is C21H29NO3Si. The van der Waals surface area contributed by atoms with Crippen LogP contribution in [0.3, 0.4) is 0 Å². The number of carbonyl (C=O) groups is 1. The Morgan fingerprint density at radius 3 is 2.50 bits per heavy atom. The molecule has 0 aromatic heterocycles. The molecule has 0 unspecified atom stereocenters. The summed E-state index contributed by atoms with van der Waals surface area (Å²) in [4.78, 5) is 15.8. The Kier molecular flexibility index (Phi) is 3.62. The molecular weight excluding hydrogens is 342 g/mol. The first-order valence-corrected chi connectivity index (χ1v) is 13.0. The van der Waals surface area contributed by atoms with E-state index in [9.17, 15) is 4.79 Å². The lowest BCUT2D eigenvalue weighted by molar-refractivity contribution is -0.133. The lowest BCUT2D eigenvalue weighted by atomic mass is 9.53. The maximum absolute atomic E-state index is 13.6. The number of hydrogen-bond acceptors (Lipinski definition) is 4. The SMILES string of the molecule is C#C[C@@]12C(OC)=C(OC)C(=O)[C@H]3[C@H]4C=C[C@H]([C@@H]4[Si](C)(C)C)[C@]31CCN2C. The highest BCUT2D eigenvalue weighted by Crippen LogP contribution is 2.75. The number of likely N-dealkylation sites (tertiary alicyclic amines) is 1. The van der Waals surface area contributed by atoms with Crippen molar-refractivity contribution in [2.45, 2.75) is 37.1 Å². The molecule has 5 heteroatoms. The van der Waals surface area contributed by atoms with Crippen LogP contribution >= 0.6 is 0 Å². The third kappa shape index (κ3) is 1.64. The van der Waals surface area contributed by atoms with Gasteiger partial charge in [0.2, 0.25) is 11.5 Å². The largest absolute Gasteiger partial charge is 0.494 e. The second-order valence-electron chi connectivity index (χ2n) is 9.35. The molecule has 4 nitrogen and oxygen atoms in total. The number of terminal acetylenes is 1. The van der Waals surface area contributed by atoms with Crippen molar-refractivity contribution in [3.8, 4) is 12.3 Å². The quantitative estimate of drug-likeness (QED) is 0.434. The minimum absolute atomic E-state index is 0.0885. The molecule has 1 saturated heterocycles. The van der Waals surface area contributed by atoms with Crippen molar-refractivity contribution in [2.24, 2.45) is 23.2 Å². The van der Waals surface area contributed by atoms with Crippen molar-refractivity contribution in [3.63, 3.8) is 0 Å². The third-order valence-electron chi connectivity index (χ3n) is 7.64. The summed E-state index contributed by atoms with van der Waals surface area (Å²) in [6.45, 7) is 8.12. The summed E-state index contributed by atoms with van der Waals surface area (Å²) >= 11 is 0. The highest BCUT2D eigenvalue weighted by Gasteiger charge is 2.79. The van der Waals surface area contributed by atoms with Gasteiger partial charge in [-0.25, -0.2) is 0 Å². The topological polar surface area (TPSA) is 38.8 Å². The van der Waals surface area contributed by atoms with Gasteiger partial charge in [0, 0.05) is 26.0 Å². The van der Waals surface area contributed by atoms with Gasteiger partial charge in [-0.1, -0.05) is 37.7 Å². The molecule has 1 saturated carbocycles. The Balaban J connectivity index is 2.05. The molecule has 0 N–H and O–H groups in total. The van der Waals surface area contributed by atoms with Gasteiger partial charge in [0.25, 0.3) is 0 Å². The number of fused-ring (bicyclic) bond motifs is 3. The minimum Gasteiger partial charge on any atom is -0.494 e. The fourth-order valence-corrected chi connectivity index (χ4v) is 9.95. The molecule has 4 rings (SSSR count). The molecule has 0 amide bonds. The summed E-state index contributed by atoms with van der Waals surface area (Å²) < 4.78 is 11.4. The van der Waals surface area contributed by atoms with Crippen LogP contribution in [0.25, 0.3) is 0 Å². The van der Waals surface area contributed by atoms with E-state index in [-0.39, 0.29) is 23.0 Å². The van der Waals surface area contributed by atoms with E-state index in [1.165, 1.54) is 0 Å². The van der Waals surface area contributed by atoms with Gasteiger partial charge in [0.1, 0.15) is 0 Å². The molecule has 0 radical (unpaired) electrons. The molecule has 1 heterocycles. The molecule has 2 fully saturated rings. The second kappa shape index (κ2) is 5.27. The Morgan fingerprint density at radius 2 is 1.96 bits per heavy atom. The van der Waals surface area contributed by atoms with Gasteiger partial charge in [-0.2, -0.15) is 0 Å². The van der Waals surface area contributed by atoms with Crippen LogP contribution in [0.2, 0.25) is 25.2 Å². The average Bonchev–Trinajstić information content (AvgIpc) is 3.23. The molecule has 3 aliphatic carbocycles. The molecule has 0 aromatic rings. The standard InChI is InChI=1S/C21H29NO3Si/c1-8-21-19(25-4)17(24-3)16(23)15-13-9-10-14(18(13)26(5,6)7)20(15,21)11-12-22(21)2/h1,9-10,13-15,18H,11-12H2,2-7H3/t13-,14-,15-,18-,20-,21-/m1/s1. The first-order valence-electron chi connectivity index (χ1n) is 9.46. The van der Waals surface area contributed by atoms with Crippen molar-refractivity contribution >= 4 is 13.9 Å². The first-order chi connectivity index (χ1) is 12.2. The van der Waals surface area contributed by atoms with Gasteiger partial charge in [-0.3, -0.25) is 9.69 Å². The van der Waals surface area contributed by atoms with Crippen LogP contribution in [0.4, 0.5) is 0 Å². The number of methoxy groups -OCH3 is 2. The normalized spacial score (nSPS) is 44.1. The fourth-order valence-electron chi connectivity index (χ4n) is 7.00. The van der Waals surface area contributed by atoms with E-state index in [1.54, 1.807) is 14.2 Å². The molecule has 6 atom stereocenters. The van der Waals surface area contributed by atoms with Crippen molar-refractivity contribution in [3.05, 3.63) is 23.7 Å². The minimum atomic E-state index is -1.50. The maximum Gasteiger partial charge on any atom is 0.205 e. The maximum atomic E-state index is 13.6. The lowest BCUT2D eigenvalue weighted by Crippen LogP contribution is -2.62. The monoisotopic (exact) mass is 371 g/mol. The summed E-state index contributed by atoms with van der Waals surface area (Å²) in [6, 6.07) is 0. The van der Waals surface area contributed by atoms with Gasteiger partial charge >= 0.3 is 0 Å². The van der Waals surface area contributed by atoms with Crippen LogP contribution < -0.4 is 0 Å².